The van der Waals surface area contributed by atoms with Gasteiger partial charge >= 0.3 is 0 Å². The summed E-state index contributed by atoms with van der Waals surface area (Å²) in [6.07, 6.45) is 2.33. The molecule has 0 saturated heterocycles. The van der Waals surface area contributed by atoms with Crippen LogP contribution < -0.4 is 10.1 Å². The van der Waals surface area contributed by atoms with Crippen molar-refractivity contribution < 1.29 is 14.9 Å². The highest BCUT2D eigenvalue weighted by Gasteiger charge is 2.19. The van der Waals surface area contributed by atoms with Crippen LogP contribution in [0.5, 0.6) is 5.75 Å². The van der Waals surface area contributed by atoms with Crippen LogP contribution in [0, 0.1) is 0 Å². The number of hydrogen-bond acceptors (Lipinski definition) is 5. The molecule has 1 aromatic rings. The molecule has 0 spiro atoms. The Morgan fingerprint density at radius 2 is 2.19 bits per heavy atom. The topological polar surface area (TPSA) is 61.7 Å². The van der Waals surface area contributed by atoms with Crippen LogP contribution >= 0.6 is 11.8 Å². The van der Waals surface area contributed by atoms with Crippen molar-refractivity contribution in [1.82, 2.24) is 5.32 Å². The molecule has 0 aliphatic rings. The fraction of sp³-hybridized carbons (Fsp3) is 0.625. The van der Waals surface area contributed by atoms with E-state index in [9.17, 15) is 10.2 Å². The van der Waals surface area contributed by atoms with Gasteiger partial charge in [-0.25, -0.2) is 0 Å². The smallest absolute Gasteiger partial charge is 0.119 e. The summed E-state index contributed by atoms with van der Waals surface area (Å²) in [5.74, 6) is 1.44. The molecule has 2 atom stereocenters. The molecule has 2 unspecified atom stereocenters. The van der Waals surface area contributed by atoms with Gasteiger partial charge in [-0.15, -0.1) is 0 Å². The Balaban J connectivity index is 2.26. The lowest BCUT2D eigenvalue weighted by Gasteiger charge is -2.23. The van der Waals surface area contributed by atoms with Crippen LogP contribution in [0.4, 0.5) is 0 Å². The molecule has 0 heterocycles. The number of rotatable bonds is 10. The van der Waals surface area contributed by atoms with E-state index in [-0.39, 0.29) is 6.61 Å². The van der Waals surface area contributed by atoms with Crippen LogP contribution in [0.2, 0.25) is 0 Å². The molecule has 0 radical (unpaired) electrons. The number of benzene rings is 1. The number of ether oxygens (including phenoxy) is 1. The molecule has 0 bridgehead atoms. The summed E-state index contributed by atoms with van der Waals surface area (Å²) in [4.78, 5) is 0. The van der Waals surface area contributed by atoms with Crippen molar-refractivity contribution in [1.29, 1.82) is 0 Å². The molecule has 0 fully saturated rings. The molecule has 120 valence electrons. The number of aliphatic hydroxyl groups excluding tert-OH is 1. The van der Waals surface area contributed by atoms with E-state index in [2.05, 4.69) is 18.3 Å². The molecule has 0 aliphatic carbocycles. The zero-order chi connectivity index (χ0) is 15.7. The first-order chi connectivity index (χ1) is 9.96. The van der Waals surface area contributed by atoms with E-state index in [4.69, 9.17) is 4.74 Å². The first kappa shape index (κ1) is 18.3. The van der Waals surface area contributed by atoms with Crippen LogP contribution in [0.1, 0.15) is 19.4 Å². The Hall–Kier alpha value is -0.750. The maximum absolute atomic E-state index is 10.00. The Bertz CT molecular complexity index is 412. The molecule has 21 heavy (non-hydrogen) atoms. The fourth-order valence-electron chi connectivity index (χ4n) is 1.98. The van der Waals surface area contributed by atoms with Crippen molar-refractivity contribution in [3.8, 4) is 5.75 Å². The zero-order valence-electron chi connectivity index (χ0n) is 13.1. The summed E-state index contributed by atoms with van der Waals surface area (Å²) in [6.45, 7) is 4.98. The van der Waals surface area contributed by atoms with E-state index in [0.29, 0.717) is 18.8 Å². The highest BCUT2D eigenvalue weighted by molar-refractivity contribution is 7.98. The van der Waals surface area contributed by atoms with Crippen molar-refractivity contribution in [3.05, 3.63) is 29.8 Å². The van der Waals surface area contributed by atoms with Crippen molar-refractivity contribution in [2.45, 2.75) is 32.0 Å². The molecule has 0 amide bonds. The van der Waals surface area contributed by atoms with E-state index in [1.165, 1.54) is 5.56 Å². The SMILES string of the molecule is CCc1cccc(OCC(O)CNCC(C)(O)CSC)c1. The molecule has 0 saturated carbocycles. The Labute approximate surface area is 131 Å². The van der Waals surface area contributed by atoms with Crippen LogP contribution in [0.3, 0.4) is 0 Å². The third kappa shape index (κ3) is 7.71. The summed E-state index contributed by atoms with van der Waals surface area (Å²) in [5, 5.41) is 23.0. The normalized spacial score (nSPS) is 15.5. The highest BCUT2D eigenvalue weighted by Crippen LogP contribution is 2.14. The number of thioether (sulfide) groups is 1. The average molecular weight is 313 g/mol. The zero-order valence-corrected chi connectivity index (χ0v) is 13.9. The highest BCUT2D eigenvalue weighted by atomic mass is 32.2. The molecule has 0 aromatic heterocycles. The van der Waals surface area contributed by atoms with Crippen LogP contribution in [0.25, 0.3) is 0 Å². The largest absolute Gasteiger partial charge is 0.491 e. The number of aliphatic hydroxyl groups is 2. The third-order valence-corrected chi connectivity index (χ3v) is 4.00. The van der Waals surface area contributed by atoms with Gasteiger partial charge in [0.25, 0.3) is 0 Å². The summed E-state index contributed by atoms with van der Waals surface area (Å²) in [5.41, 5.74) is 0.461. The van der Waals surface area contributed by atoms with Crippen LogP contribution in [0.15, 0.2) is 24.3 Å². The molecule has 3 N–H and O–H groups in total. The summed E-state index contributed by atoms with van der Waals surface area (Å²) >= 11 is 1.60. The van der Waals surface area contributed by atoms with Gasteiger partial charge in [0.1, 0.15) is 18.5 Å². The second-order valence-electron chi connectivity index (χ2n) is 5.53. The molecular weight excluding hydrogens is 286 g/mol. The fourth-order valence-corrected chi connectivity index (χ4v) is 2.70. The predicted octanol–water partition coefficient (Wildman–Crippen LogP) is 1.69. The van der Waals surface area contributed by atoms with E-state index < -0.39 is 11.7 Å². The second-order valence-corrected chi connectivity index (χ2v) is 6.39. The van der Waals surface area contributed by atoms with Crippen LogP contribution in [-0.2, 0) is 6.42 Å². The van der Waals surface area contributed by atoms with Gasteiger partial charge in [-0.05, 0) is 37.3 Å². The quantitative estimate of drug-likeness (QED) is 0.614. The minimum absolute atomic E-state index is 0.241. The summed E-state index contributed by atoms with van der Waals surface area (Å²) in [7, 11) is 0. The predicted molar refractivity (Wildman–Crippen MR) is 89.2 cm³/mol. The van der Waals surface area contributed by atoms with Crippen molar-refractivity contribution >= 4 is 11.8 Å². The van der Waals surface area contributed by atoms with Gasteiger partial charge in [0.15, 0.2) is 0 Å². The lowest BCUT2D eigenvalue weighted by Crippen LogP contribution is -2.43. The second kappa shape index (κ2) is 9.30. The number of hydrogen-bond donors (Lipinski definition) is 3. The molecule has 0 aliphatic heterocycles. The summed E-state index contributed by atoms with van der Waals surface area (Å²) < 4.78 is 5.58. The van der Waals surface area contributed by atoms with Crippen molar-refractivity contribution in [3.63, 3.8) is 0 Å². The molecule has 5 heteroatoms. The van der Waals surface area contributed by atoms with E-state index in [1.54, 1.807) is 18.7 Å². The number of aryl methyl sites for hydroxylation is 1. The average Bonchev–Trinajstić information content (AvgIpc) is 2.45. The first-order valence-electron chi connectivity index (χ1n) is 7.28. The van der Waals surface area contributed by atoms with Gasteiger partial charge in [0.2, 0.25) is 0 Å². The molecule has 1 aromatic carbocycles. The Morgan fingerprint density at radius 3 is 2.86 bits per heavy atom. The van der Waals surface area contributed by atoms with Crippen LogP contribution in [-0.4, -0.2) is 53.6 Å². The summed E-state index contributed by atoms with van der Waals surface area (Å²) in [6, 6.07) is 7.89. The maximum atomic E-state index is 10.00. The molecule has 4 nitrogen and oxygen atoms in total. The molecular formula is C16H27NO3S. The van der Waals surface area contributed by atoms with E-state index in [1.807, 2.05) is 24.5 Å². The van der Waals surface area contributed by atoms with Gasteiger partial charge < -0.3 is 20.3 Å². The van der Waals surface area contributed by atoms with E-state index >= 15 is 0 Å². The van der Waals surface area contributed by atoms with Gasteiger partial charge in [-0.3, -0.25) is 0 Å². The minimum Gasteiger partial charge on any atom is -0.491 e. The minimum atomic E-state index is -0.755. The lowest BCUT2D eigenvalue weighted by atomic mass is 10.1. The monoisotopic (exact) mass is 313 g/mol. The number of nitrogens with one attached hydrogen (secondary N) is 1. The first-order valence-corrected chi connectivity index (χ1v) is 8.68. The van der Waals surface area contributed by atoms with Gasteiger partial charge in [-0.1, -0.05) is 19.1 Å². The maximum Gasteiger partial charge on any atom is 0.119 e. The molecule has 1 rings (SSSR count). The third-order valence-electron chi connectivity index (χ3n) is 3.09. The van der Waals surface area contributed by atoms with E-state index in [0.717, 1.165) is 12.2 Å². The van der Waals surface area contributed by atoms with Gasteiger partial charge in [-0.2, -0.15) is 11.8 Å². The lowest BCUT2D eigenvalue weighted by molar-refractivity contribution is 0.0701. The van der Waals surface area contributed by atoms with Gasteiger partial charge in [0, 0.05) is 18.8 Å². The standard InChI is InChI=1S/C16H27NO3S/c1-4-13-6-5-7-15(8-13)20-10-14(18)9-17-11-16(2,19)12-21-3/h5-8,14,17-19H,4,9-12H2,1-3H3. The van der Waals surface area contributed by atoms with Gasteiger partial charge in [0.05, 0.1) is 5.60 Å². The Morgan fingerprint density at radius 1 is 1.43 bits per heavy atom. The van der Waals surface area contributed by atoms with Crippen molar-refractivity contribution in [2.24, 2.45) is 0 Å². The Kier molecular flexibility index (Phi) is 8.11. The van der Waals surface area contributed by atoms with Crippen molar-refractivity contribution in [2.75, 3.05) is 31.7 Å².